The van der Waals surface area contributed by atoms with Gasteiger partial charge in [0.2, 0.25) is 17.7 Å². The van der Waals surface area contributed by atoms with Crippen molar-refractivity contribution in [1.29, 1.82) is 0 Å². The Bertz CT molecular complexity index is 2440. The van der Waals surface area contributed by atoms with Crippen molar-refractivity contribution in [2.75, 3.05) is 132 Å². The summed E-state index contributed by atoms with van der Waals surface area (Å²) in [7, 11) is 4.91. The van der Waals surface area contributed by atoms with Crippen LogP contribution in [0.2, 0.25) is 0 Å². The minimum absolute atomic E-state index is 0. The second-order valence-electron chi connectivity index (χ2n) is 21.5. The number of hydrogen-bond acceptors (Lipinski definition) is 17. The number of piperazine rings is 3. The van der Waals surface area contributed by atoms with Crippen molar-refractivity contribution in [1.82, 2.24) is 29.8 Å². The van der Waals surface area contributed by atoms with Crippen LogP contribution in [0.1, 0.15) is 96.3 Å². The Balaban J connectivity index is 0.000000306. The zero-order valence-corrected chi connectivity index (χ0v) is 52.7. The van der Waals surface area contributed by atoms with E-state index in [1.54, 1.807) is 51.2 Å². The molecule has 5 aliphatic rings. The number of benzene rings is 3. The summed E-state index contributed by atoms with van der Waals surface area (Å²) in [5.74, 6) is 3.24. The minimum Gasteiger partial charge on any atom is -0.502 e. The molecule has 0 aromatic heterocycles. The second kappa shape index (κ2) is 43.0. The lowest BCUT2D eigenvalue weighted by Crippen LogP contribution is -2.57. The van der Waals surface area contributed by atoms with Gasteiger partial charge in [0.25, 0.3) is 0 Å². The lowest BCUT2D eigenvalue weighted by Gasteiger charge is -2.41. The number of Topliss-reactive ketones (excluding diaryl/α,β-unsaturated/α-hetero) is 3. The number of aliphatic hydroxyl groups is 2. The largest absolute Gasteiger partial charge is 0.502 e. The average molecular weight is 1270 g/mol. The van der Waals surface area contributed by atoms with Crippen molar-refractivity contribution in [3.05, 3.63) is 102 Å². The van der Waals surface area contributed by atoms with Gasteiger partial charge in [-0.25, -0.2) is 0 Å². The summed E-state index contributed by atoms with van der Waals surface area (Å²) in [4.78, 5) is 79.6. The highest BCUT2D eigenvalue weighted by atomic mass is 79.9. The van der Waals surface area contributed by atoms with Crippen LogP contribution in [0, 0.1) is 0 Å². The van der Waals surface area contributed by atoms with Crippen LogP contribution < -0.4 is 19.5 Å². The number of allylic oxidation sites excluding steroid dienone is 1. The van der Waals surface area contributed by atoms with Gasteiger partial charge in [0.15, 0.2) is 6.29 Å². The highest BCUT2D eigenvalue weighted by Crippen LogP contribution is 2.20. The quantitative estimate of drug-likeness (QED) is 0.0934. The molecule has 0 radical (unpaired) electrons. The topological polar surface area (TPSA) is 226 Å². The lowest BCUT2D eigenvalue weighted by molar-refractivity contribution is -0.174. The Morgan fingerprint density at radius 1 is 0.581 bits per heavy atom. The van der Waals surface area contributed by atoms with E-state index in [4.69, 9.17) is 33.5 Å². The van der Waals surface area contributed by atoms with Gasteiger partial charge in [-0.05, 0) is 111 Å². The van der Waals surface area contributed by atoms with Crippen LogP contribution in [0.15, 0.2) is 85.1 Å². The first-order valence-electron chi connectivity index (χ1n) is 29.8. The molecule has 5 aliphatic heterocycles. The summed E-state index contributed by atoms with van der Waals surface area (Å²) in [6.45, 7) is 13.4. The predicted molar refractivity (Wildman–Crippen MR) is 337 cm³/mol. The summed E-state index contributed by atoms with van der Waals surface area (Å²) in [5.41, 5.74) is 3.39. The molecule has 5 heterocycles. The molecule has 4 unspecified atom stereocenters. The first-order chi connectivity index (χ1) is 41.1. The first kappa shape index (κ1) is 74.5. The molecule has 4 fully saturated rings. The molecule has 3 N–H and O–H groups in total. The van der Waals surface area contributed by atoms with Crippen LogP contribution in [-0.4, -0.2) is 226 Å². The second-order valence-corrected chi connectivity index (χ2v) is 22.0. The number of rotatable bonds is 22. The zero-order valence-electron chi connectivity index (χ0n) is 51.1. The number of alkyl halides is 1. The van der Waals surface area contributed by atoms with Gasteiger partial charge in [-0.1, -0.05) is 59.8 Å². The number of ether oxygens (including phenoxy) is 6. The van der Waals surface area contributed by atoms with Crippen molar-refractivity contribution < 1.29 is 67.4 Å². The van der Waals surface area contributed by atoms with Gasteiger partial charge in [0.05, 0.1) is 84.5 Å². The van der Waals surface area contributed by atoms with Gasteiger partial charge >= 0.3 is 0 Å². The molecule has 0 bridgehead atoms. The van der Waals surface area contributed by atoms with Gasteiger partial charge in [-0.15, -0.1) is 0 Å². The number of amides is 3. The van der Waals surface area contributed by atoms with Gasteiger partial charge < -0.3 is 58.7 Å². The van der Waals surface area contributed by atoms with E-state index in [-0.39, 0.29) is 80.1 Å². The number of carbonyl (C=O) groups is 6. The van der Waals surface area contributed by atoms with E-state index in [0.717, 1.165) is 80.4 Å². The van der Waals surface area contributed by atoms with Gasteiger partial charge in [-0.2, -0.15) is 0 Å². The number of aliphatic hydroxyl groups excluding tert-OH is 2. The van der Waals surface area contributed by atoms with E-state index in [0.29, 0.717) is 103 Å². The standard InChI is InChI=1S/C23H34N2O5.C18H26N2O4.C11H13BrO2.C7H14N2O2.C5H8O.CH4/c1-18(26)24-12-13-25(20(15-24)17-30-23-5-3-4-14-29-23)16-21(27)9-6-19-7-10-22(28-2)11-8-19;1-14(22)19-9-10-20(16(11-19)13-21)12-17(23)6-3-15-4-7-18(24-2)8-5-15;1-14-11-6-3-9(4-7-11)2-5-10(13)8-12;1-6(11)9-3-2-8-7(4-9)5-10;1-2-4-6-5-3-1;/h7-8,10-11,20,23H,3-6,9,12-17H2,1-2H3;4-5,7-8,16,21H,3,6,9-13H2,1-2H3;3-4,6-7H,2,5,8H2,1H3;7-8,10H,2-5H2,1H3;2,4H,1,3,5H2;1H4. The molecule has 3 aromatic carbocycles. The lowest BCUT2D eigenvalue weighted by atomic mass is 10.1. The summed E-state index contributed by atoms with van der Waals surface area (Å²) in [6.07, 6.45) is 12.9. The molecule has 0 aliphatic carbocycles. The molecule has 0 saturated carbocycles. The van der Waals surface area contributed by atoms with E-state index in [1.807, 2.05) is 88.7 Å². The molecule has 86 heavy (non-hydrogen) atoms. The Labute approximate surface area is 519 Å². The van der Waals surface area contributed by atoms with Crippen LogP contribution >= 0.6 is 15.9 Å². The summed E-state index contributed by atoms with van der Waals surface area (Å²) in [5, 5.41) is 21.9. The highest BCUT2D eigenvalue weighted by molar-refractivity contribution is 9.09. The predicted octanol–water partition coefficient (Wildman–Crippen LogP) is 6.33. The fourth-order valence-electron chi connectivity index (χ4n) is 9.79. The van der Waals surface area contributed by atoms with Crippen LogP contribution in [0.25, 0.3) is 0 Å². The normalized spacial score (nSPS) is 19.3. The molecule has 21 heteroatoms. The van der Waals surface area contributed by atoms with Crippen LogP contribution in [0.4, 0.5) is 0 Å². The van der Waals surface area contributed by atoms with E-state index in [2.05, 4.69) is 26.1 Å². The van der Waals surface area contributed by atoms with Crippen LogP contribution in [0.5, 0.6) is 17.2 Å². The third-order valence-corrected chi connectivity index (χ3v) is 15.8. The van der Waals surface area contributed by atoms with Gasteiger partial charge in [-0.3, -0.25) is 38.6 Å². The van der Waals surface area contributed by atoms with Crippen molar-refractivity contribution >= 4 is 51.0 Å². The van der Waals surface area contributed by atoms with Crippen molar-refractivity contribution in [3.63, 3.8) is 0 Å². The summed E-state index contributed by atoms with van der Waals surface area (Å²) in [6, 6.07) is 23.3. The highest BCUT2D eigenvalue weighted by Gasteiger charge is 2.32. The van der Waals surface area contributed by atoms with E-state index in [1.165, 1.54) is 25.3 Å². The maximum atomic E-state index is 12.7. The Kier molecular flexibility index (Phi) is 37.2. The fraction of sp³-hybridized carbons (Fsp3) is 0.600. The molecule has 4 atom stereocenters. The monoisotopic (exact) mass is 1270 g/mol. The molecule has 3 amide bonds. The van der Waals surface area contributed by atoms with Crippen molar-refractivity contribution in [2.24, 2.45) is 0 Å². The molecule has 480 valence electrons. The van der Waals surface area contributed by atoms with E-state index in [9.17, 15) is 33.9 Å². The van der Waals surface area contributed by atoms with Gasteiger partial charge in [0, 0.05) is 112 Å². The average Bonchev–Trinajstić information content (AvgIpc) is 3.48. The van der Waals surface area contributed by atoms with E-state index < -0.39 is 0 Å². The SMILES string of the molecule is C.C1=COCCC1.CC(=O)N1CCNC(CO)C1.COc1ccc(CCC(=O)CBr)cc1.COc1ccc(CCC(=O)CN2CCN(C(C)=O)CC2CO)cc1.COc1ccc(CCC(=O)CN2CCN(C(C)=O)CC2COC2CCCCO2)cc1. The van der Waals surface area contributed by atoms with Gasteiger partial charge in [0.1, 0.15) is 34.6 Å². The number of methoxy groups -OCH3 is 3. The number of carbonyl (C=O) groups excluding carboxylic acids is 6. The molecule has 0 spiro atoms. The molecule has 3 aromatic rings. The number of nitrogens with one attached hydrogen (secondary N) is 1. The molecule has 4 saturated heterocycles. The molecule has 20 nitrogen and oxygen atoms in total. The Morgan fingerprint density at radius 3 is 1.42 bits per heavy atom. The number of hydrogen-bond donors (Lipinski definition) is 3. The van der Waals surface area contributed by atoms with Crippen molar-refractivity contribution in [2.45, 2.75) is 123 Å². The summed E-state index contributed by atoms with van der Waals surface area (Å²) < 4.78 is 31.9. The molecular weight excluding hydrogens is 1170 g/mol. The number of nitrogens with zero attached hydrogens (tertiary/aromatic N) is 5. The molecule has 8 rings (SSSR count). The minimum atomic E-state index is -0.168. The fourth-order valence-corrected chi connectivity index (χ4v) is 10.1. The third-order valence-electron chi connectivity index (χ3n) is 15.1. The van der Waals surface area contributed by atoms with Crippen LogP contribution in [-0.2, 0) is 62.2 Å². The smallest absolute Gasteiger partial charge is 0.219 e. The zero-order chi connectivity index (χ0) is 61.8. The Morgan fingerprint density at radius 2 is 1.05 bits per heavy atom. The summed E-state index contributed by atoms with van der Waals surface area (Å²) >= 11 is 3.14. The van der Waals surface area contributed by atoms with Crippen LogP contribution in [0.3, 0.4) is 0 Å². The van der Waals surface area contributed by atoms with E-state index >= 15 is 0 Å². The maximum absolute atomic E-state index is 12.7. The molecular formula is C65H99BrN6O14. The maximum Gasteiger partial charge on any atom is 0.219 e. The number of halogens is 1. The van der Waals surface area contributed by atoms with Crippen molar-refractivity contribution in [3.8, 4) is 17.2 Å². The Hall–Kier alpha value is -5.78. The number of ketones is 3. The third kappa shape index (κ3) is 29.3. The number of aryl methyl sites for hydroxylation is 3. The first-order valence-corrected chi connectivity index (χ1v) is 30.9.